The molecular formula is C14H12N2O4. The van der Waals surface area contributed by atoms with Gasteiger partial charge in [0.2, 0.25) is 0 Å². The van der Waals surface area contributed by atoms with Gasteiger partial charge in [-0.25, -0.2) is 4.79 Å². The lowest BCUT2D eigenvalue weighted by molar-refractivity contribution is 0.104. The monoisotopic (exact) mass is 272 g/mol. The summed E-state index contributed by atoms with van der Waals surface area (Å²) in [7, 11) is 1.54. The predicted octanol–water partition coefficient (Wildman–Crippen LogP) is 0.968. The Morgan fingerprint density at radius 2 is 1.90 bits per heavy atom. The number of ketones is 1. The van der Waals surface area contributed by atoms with Gasteiger partial charge in [-0.15, -0.1) is 0 Å². The third-order valence-corrected chi connectivity index (χ3v) is 2.64. The Morgan fingerprint density at radius 1 is 1.20 bits per heavy atom. The highest BCUT2D eigenvalue weighted by molar-refractivity contribution is 6.06. The second-order valence-electron chi connectivity index (χ2n) is 3.95. The summed E-state index contributed by atoms with van der Waals surface area (Å²) in [5.41, 5.74) is -0.462. The summed E-state index contributed by atoms with van der Waals surface area (Å²) in [5, 5.41) is 0. The lowest BCUT2D eigenvalue weighted by Gasteiger charge is -1.99. The van der Waals surface area contributed by atoms with E-state index in [0.717, 1.165) is 0 Å². The summed E-state index contributed by atoms with van der Waals surface area (Å²) in [5.74, 6) is 0.404. The Labute approximate surface area is 113 Å². The SMILES string of the molecule is COc1ccc(C(=O)/C=C/c2c[nH]c(=O)[nH]c2=O)cc1. The number of hydrogen-bond donors (Lipinski definition) is 2. The fourth-order valence-corrected chi connectivity index (χ4v) is 1.56. The van der Waals surface area contributed by atoms with Crippen LogP contribution in [0.3, 0.4) is 0 Å². The minimum Gasteiger partial charge on any atom is -0.497 e. The van der Waals surface area contributed by atoms with Gasteiger partial charge in [0.1, 0.15) is 5.75 Å². The van der Waals surface area contributed by atoms with Gasteiger partial charge in [-0.1, -0.05) is 0 Å². The van der Waals surface area contributed by atoms with Crippen molar-refractivity contribution in [2.24, 2.45) is 0 Å². The highest BCUT2D eigenvalue weighted by Gasteiger charge is 2.02. The van der Waals surface area contributed by atoms with Gasteiger partial charge < -0.3 is 9.72 Å². The molecule has 0 aliphatic rings. The molecule has 1 aromatic carbocycles. The summed E-state index contributed by atoms with van der Waals surface area (Å²) in [4.78, 5) is 38.6. The van der Waals surface area contributed by atoms with Crippen LogP contribution in [0.15, 0.2) is 46.1 Å². The second-order valence-corrected chi connectivity index (χ2v) is 3.95. The zero-order chi connectivity index (χ0) is 14.5. The van der Waals surface area contributed by atoms with Crippen molar-refractivity contribution >= 4 is 11.9 Å². The first-order valence-electron chi connectivity index (χ1n) is 5.78. The molecule has 0 fully saturated rings. The third-order valence-electron chi connectivity index (χ3n) is 2.64. The Morgan fingerprint density at radius 3 is 2.50 bits per heavy atom. The molecule has 0 aliphatic heterocycles. The van der Waals surface area contributed by atoms with E-state index in [0.29, 0.717) is 11.3 Å². The molecule has 1 aromatic heterocycles. The van der Waals surface area contributed by atoms with Crippen LogP contribution in [-0.2, 0) is 0 Å². The maximum Gasteiger partial charge on any atom is 0.325 e. The molecule has 2 aromatic rings. The van der Waals surface area contributed by atoms with Crippen molar-refractivity contribution < 1.29 is 9.53 Å². The molecule has 102 valence electrons. The fraction of sp³-hybridized carbons (Fsp3) is 0.0714. The number of aromatic amines is 2. The van der Waals surface area contributed by atoms with Gasteiger partial charge >= 0.3 is 5.69 Å². The van der Waals surface area contributed by atoms with E-state index in [1.165, 1.54) is 18.3 Å². The molecule has 0 radical (unpaired) electrons. The van der Waals surface area contributed by atoms with Crippen molar-refractivity contribution in [2.45, 2.75) is 0 Å². The Hall–Kier alpha value is -2.89. The van der Waals surface area contributed by atoms with E-state index < -0.39 is 11.2 Å². The molecule has 1 heterocycles. The highest BCUT2D eigenvalue weighted by Crippen LogP contribution is 2.12. The summed E-state index contributed by atoms with van der Waals surface area (Å²) in [6, 6.07) is 6.60. The minimum absolute atomic E-state index is 0.200. The van der Waals surface area contributed by atoms with Gasteiger partial charge in [0.25, 0.3) is 5.56 Å². The van der Waals surface area contributed by atoms with E-state index in [-0.39, 0.29) is 11.3 Å². The van der Waals surface area contributed by atoms with Crippen LogP contribution in [-0.4, -0.2) is 22.9 Å². The number of H-pyrrole nitrogens is 2. The number of carbonyl (C=O) groups is 1. The quantitative estimate of drug-likeness (QED) is 0.640. The maximum atomic E-state index is 11.9. The molecule has 0 saturated heterocycles. The molecule has 2 N–H and O–H groups in total. The number of ether oxygens (including phenoxy) is 1. The van der Waals surface area contributed by atoms with E-state index in [1.54, 1.807) is 31.4 Å². The summed E-state index contributed by atoms with van der Waals surface area (Å²) in [6.45, 7) is 0. The molecule has 0 atom stereocenters. The number of aromatic nitrogens is 2. The van der Waals surface area contributed by atoms with Crippen molar-refractivity contribution in [2.75, 3.05) is 7.11 Å². The number of hydrogen-bond acceptors (Lipinski definition) is 4. The van der Waals surface area contributed by atoms with Crippen LogP contribution >= 0.6 is 0 Å². The summed E-state index contributed by atoms with van der Waals surface area (Å²) < 4.78 is 5.00. The minimum atomic E-state index is -0.589. The van der Waals surface area contributed by atoms with Gasteiger partial charge in [-0.2, -0.15) is 0 Å². The Bertz CT molecular complexity index is 754. The average molecular weight is 272 g/mol. The first kappa shape index (κ1) is 13.5. The first-order valence-corrected chi connectivity index (χ1v) is 5.78. The summed E-state index contributed by atoms with van der Waals surface area (Å²) >= 11 is 0. The molecular weight excluding hydrogens is 260 g/mol. The molecule has 6 heteroatoms. The van der Waals surface area contributed by atoms with Crippen LogP contribution in [0.4, 0.5) is 0 Å². The van der Waals surface area contributed by atoms with Crippen molar-refractivity contribution in [3.63, 3.8) is 0 Å². The zero-order valence-corrected chi connectivity index (χ0v) is 10.7. The molecule has 0 amide bonds. The van der Waals surface area contributed by atoms with Crippen molar-refractivity contribution in [3.8, 4) is 5.75 Å². The molecule has 0 saturated carbocycles. The standard InChI is InChI=1S/C14H12N2O4/c1-20-11-5-2-9(3-6-11)12(17)7-4-10-8-15-14(19)16-13(10)18/h2-8H,1H3,(H2,15,16,18,19)/b7-4+. The van der Waals surface area contributed by atoms with E-state index in [1.807, 2.05) is 0 Å². The second kappa shape index (κ2) is 5.83. The smallest absolute Gasteiger partial charge is 0.325 e. The lowest BCUT2D eigenvalue weighted by Crippen LogP contribution is -2.22. The van der Waals surface area contributed by atoms with Crippen molar-refractivity contribution in [3.05, 3.63) is 68.5 Å². The topological polar surface area (TPSA) is 92.0 Å². The van der Waals surface area contributed by atoms with Crippen LogP contribution in [0.1, 0.15) is 15.9 Å². The van der Waals surface area contributed by atoms with E-state index in [9.17, 15) is 14.4 Å². The Balaban J connectivity index is 2.19. The average Bonchev–Trinajstić information content (AvgIpc) is 2.46. The van der Waals surface area contributed by atoms with Crippen molar-refractivity contribution in [1.82, 2.24) is 9.97 Å². The number of nitrogens with one attached hydrogen (secondary N) is 2. The lowest BCUT2D eigenvalue weighted by atomic mass is 10.1. The fourth-order valence-electron chi connectivity index (χ4n) is 1.56. The molecule has 20 heavy (non-hydrogen) atoms. The van der Waals surface area contributed by atoms with Gasteiger partial charge in [-0.3, -0.25) is 14.6 Å². The van der Waals surface area contributed by atoms with Gasteiger partial charge in [0.05, 0.1) is 12.7 Å². The first-order chi connectivity index (χ1) is 9.60. The van der Waals surface area contributed by atoms with Crippen molar-refractivity contribution in [1.29, 1.82) is 0 Å². The maximum absolute atomic E-state index is 11.9. The van der Waals surface area contributed by atoms with E-state index in [2.05, 4.69) is 9.97 Å². The number of rotatable bonds is 4. The molecule has 0 unspecified atom stereocenters. The van der Waals surface area contributed by atoms with Gasteiger partial charge in [0.15, 0.2) is 5.78 Å². The van der Waals surface area contributed by atoms with E-state index in [4.69, 9.17) is 4.74 Å². The normalized spacial score (nSPS) is 10.7. The van der Waals surface area contributed by atoms with Crippen LogP contribution in [0, 0.1) is 0 Å². The largest absolute Gasteiger partial charge is 0.497 e. The van der Waals surface area contributed by atoms with Crippen LogP contribution < -0.4 is 16.0 Å². The molecule has 2 rings (SSSR count). The van der Waals surface area contributed by atoms with Gasteiger partial charge in [-0.05, 0) is 36.4 Å². The molecule has 0 aliphatic carbocycles. The van der Waals surface area contributed by atoms with Crippen LogP contribution in [0.25, 0.3) is 6.08 Å². The van der Waals surface area contributed by atoms with Crippen LogP contribution in [0.2, 0.25) is 0 Å². The third kappa shape index (κ3) is 3.11. The number of methoxy groups -OCH3 is 1. The predicted molar refractivity (Wildman–Crippen MR) is 74.0 cm³/mol. The van der Waals surface area contributed by atoms with Crippen LogP contribution in [0.5, 0.6) is 5.75 Å². The van der Waals surface area contributed by atoms with Gasteiger partial charge in [0, 0.05) is 11.8 Å². The molecule has 0 spiro atoms. The highest BCUT2D eigenvalue weighted by atomic mass is 16.5. The summed E-state index contributed by atoms with van der Waals surface area (Å²) in [6.07, 6.45) is 3.87. The number of allylic oxidation sites excluding steroid dienone is 1. The van der Waals surface area contributed by atoms with E-state index >= 15 is 0 Å². The zero-order valence-electron chi connectivity index (χ0n) is 10.7. The molecule has 6 nitrogen and oxygen atoms in total. The Kier molecular flexibility index (Phi) is 3.95. The number of benzene rings is 1. The molecule has 0 bridgehead atoms. The number of carbonyl (C=O) groups excluding carboxylic acids is 1.